The van der Waals surface area contributed by atoms with Crippen LogP contribution < -0.4 is 0 Å². The van der Waals surface area contributed by atoms with Crippen LogP contribution in [-0.2, 0) is 0 Å². The summed E-state index contributed by atoms with van der Waals surface area (Å²) >= 11 is 0. The van der Waals surface area contributed by atoms with E-state index in [1.165, 1.54) is 0 Å². The van der Waals surface area contributed by atoms with E-state index in [9.17, 15) is 4.79 Å². The van der Waals surface area contributed by atoms with E-state index in [2.05, 4.69) is 25.7 Å². The third kappa shape index (κ3) is 3.65. The zero-order chi connectivity index (χ0) is 15.4. The molecule has 1 heterocycles. The van der Waals surface area contributed by atoms with Gasteiger partial charge in [-0.3, -0.25) is 4.79 Å². The van der Waals surface area contributed by atoms with Gasteiger partial charge < -0.3 is 10.0 Å². The monoisotopic (exact) mass is 285 g/mol. The van der Waals surface area contributed by atoms with Crippen LogP contribution in [-0.4, -0.2) is 35.6 Å². The first kappa shape index (κ1) is 15.6. The lowest BCUT2D eigenvalue weighted by Gasteiger charge is -2.18. The fourth-order valence-corrected chi connectivity index (χ4v) is 2.72. The molecule has 2 rings (SSSR count). The van der Waals surface area contributed by atoms with E-state index in [-0.39, 0.29) is 12.5 Å². The number of carbonyl (C=O) groups excluding carboxylic acids is 1. The first-order valence-electron chi connectivity index (χ1n) is 7.52. The molecule has 1 aliphatic rings. The van der Waals surface area contributed by atoms with Gasteiger partial charge in [-0.2, -0.15) is 0 Å². The lowest BCUT2D eigenvalue weighted by Crippen LogP contribution is -2.29. The van der Waals surface area contributed by atoms with Crippen LogP contribution in [0.4, 0.5) is 0 Å². The van der Waals surface area contributed by atoms with E-state index in [0.29, 0.717) is 17.4 Å². The standard InChI is InChI=1S/C18H23NO2/c1-13(2)17-8-9-19(12-17)18(21)16-7-6-14(3)15(11-16)5-4-10-20/h6-7,11,13,17,20H,8-10,12H2,1-3H3. The fourth-order valence-electron chi connectivity index (χ4n) is 2.72. The molecule has 0 bridgehead atoms. The minimum atomic E-state index is -0.167. The highest BCUT2D eigenvalue weighted by molar-refractivity contribution is 5.94. The molecule has 0 aromatic heterocycles. The van der Waals surface area contributed by atoms with Crippen LogP contribution in [0.1, 0.15) is 41.8 Å². The lowest BCUT2D eigenvalue weighted by atomic mass is 9.95. The Morgan fingerprint density at radius 1 is 1.48 bits per heavy atom. The maximum atomic E-state index is 12.6. The Labute approximate surface area is 127 Å². The number of carbonyl (C=O) groups is 1. The summed E-state index contributed by atoms with van der Waals surface area (Å²) in [4.78, 5) is 14.5. The van der Waals surface area contributed by atoms with Gasteiger partial charge in [0.05, 0.1) is 0 Å². The minimum Gasteiger partial charge on any atom is -0.384 e. The summed E-state index contributed by atoms with van der Waals surface area (Å²) in [6.45, 7) is 7.91. The number of hydrogen-bond donors (Lipinski definition) is 1. The van der Waals surface area contributed by atoms with Gasteiger partial charge in [-0.1, -0.05) is 31.8 Å². The van der Waals surface area contributed by atoms with E-state index < -0.39 is 0 Å². The van der Waals surface area contributed by atoms with Crippen molar-refractivity contribution < 1.29 is 9.90 Å². The van der Waals surface area contributed by atoms with Gasteiger partial charge in [-0.05, 0) is 42.9 Å². The molecule has 112 valence electrons. The molecule has 1 aromatic carbocycles. The highest BCUT2D eigenvalue weighted by Crippen LogP contribution is 2.25. The predicted octanol–water partition coefficient (Wildman–Crippen LogP) is 2.46. The van der Waals surface area contributed by atoms with Gasteiger partial charge in [0.25, 0.3) is 5.91 Å². The van der Waals surface area contributed by atoms with Crippen LogP contribution in [0.3, 0.4) is 0 Å². The van der Waals surface area contributed by atoms with Crippen LogP contribution in [0.25, 0.3) is 0 Å². The SMILES string of the molecule is Cc1ccc(C(=O)N2CCC(C(C)C)C2)cc1C#CCO. The topological polar surface area (TPSA) is 40.5 Å². The molecule has 1 unspecified atom stereocenters. The van der Waals surface area contributed by atoms with Gasteiger partial charge in [0.15, 0.2) is 0 Å². The van der Waals surface area contributed by atoms with E-state index in [4.69, 9.17) is 5.11 Å². The van der Waals surface area contributed by atoms with Crippen LogP contribution in [0.5, 0.6) is 0 Å². The second-order valence-corrected chi connectivity index (χ2v) is 6.03. The average molecular weight is 285 g/mol. The summed E-state index contributed by atoms with van der Waals surface area (Å²) < 4.78 is 0. The Bertz CT molecular complexity index is 581. The molecule has 0 radical (unpaired) electrons. The van der Waals surface area contributed by atoms with Crippen LogP contribution >= 0.6 is 0 Å². The summed E-state index contributed by atoms with van der Waals surface area (Å²) in [5.41, 5.74) is 2.52. The molecule has 21 heavy (non-hydrogen) atoms. The zero-order valence-electron chi connectivity index (χ0n) is 13.0. The molecule has 1 fully saturated rings. The second kappa shape index (κ2) is 6.78. The van der Waals surface area contributed by atoms with Crippen molar-refractivity contribution in [2.45, 2.75) is 27.2 Å². The maximum Gasteiger partial charge on any atom is 0.253 e. The smallest absolute Gasteiger partial charge is 0.253 e. The number of hydrogen-bond acceptors (Lipinski definition) is 2. The quantitative estimate of drug-likeness (QED) is 0.848. The van der Waals surface area contributed by atoms with Gasteiger partial charge in [0.1, 0.15) is 6.61 Å². The average Bonchev–Trinajstić information content (AvgIpc) is 2.95. The Hall–Kier alpha value is -1.79. The van der Waals surface area contributed by atoms with E-state index in [0.717, 1.165) is 30.6 Å². The number of likely N-dealkylation sites (tertiary alicyclic amines) is 1. The molecule has 0 spiro atoms. The van der Waals surface area contributed by atoms with Crippen LogP contribution in [0.15, 0.2) is 18.2 Å². The highest BCUT2D eigenvalue weighted by Gasteiger charge is 2.28. The van der Waals surface area contributed by atoms with Gasteiger partial charge >= 0.3 is 0 Å². The largest absolute Gasteiger partial charge is 0.384 e. The molecular formula is C18H23NO2. The number of aryl methyl sites for hydroxylation is 1. The van der Waals surface area contributed by atoms with Crippen molar-refractivity contribution in [1.29, 1.82) is 0 Å². The molecule has 1 N–H and O–H groups in total. The first-order valence-corrected chi connectivity index (χ1v) is 7.52. The third-order valence-electron chi connectivity index (χ3n) is 4.24. The predicted molar refractivity (Wildman–Crippen MR) is 84.0 cm³/mol. The van der Waals surface area contributed by atoms with Crippen molar-refractivity contribution >= 4 is 5.91 Å². The number of rotatable bonds is 2. The Morgan fingerprint density at radius 3 is 2.86 bits per heavy atom. The van der Waals surface area contributed by atoms with E-state index in [1.807, 2.05) is 30.0 Å². The summed E-state index contributed by atoms with van der Waals surface area (Å²) in [5, 5.41) is 8.80. The summed E-state index contributed by atoms with van der Waals surface area (Å²) in [6.07, 6.45) is 1.09. The molecule has 1 aliphatic heterocycles. The minimum absolute atomic E-state index is 0.0881. The maximum absolute atomic E-state index is 12.6. The second-order valence-electron chi connectivity index (χ2n) is 6.03. The normalized spacial score (nSPS) is 17.8. The molecule has 0 aliphatic carbocycles. The number of amides is 1. The molecule has 1 atom stereocenters. The molecule has 3 nitrogen and oxygen atoms in total. The number of nitrogens with zero attached hydrogens (tertiary/aromatic N) is 1. The molecule has 3 heteroatoms. The van der Waals surface area contributed by atoms with Crippen LogP contribution in [0.2, 0.25) is 0 Å². The Kier molecular flexibility index (Phi) is 5.03. The van der Waals surface area contributed by atoms with Crippen molar-refractivity contribution in [3.8, 4) is 11.8 Å². The molecular weight excluding hydrogens is 262 g/mol. The van der Waals surface area contributed by atoms with E-state index >= 15 is 0 Å². The Morgan fingerprint density at radius 2 is 2.24 bits per heavy atom. The molecule has 1 aromatic rings. The highest BCUT2D eigenvalue weighted by atomic mass is 16.2. The summed E-state index contributed by atoms with van der Waals surface area (Å²) in [6, 6.07) is 5.62. The molecule has 1 saturated heterocycles. The lowest BCUT2D eigenvalue weighted by molar-refractivity contribution is 0.0784. The van der Waals surface area contributed by atoms with Gasteiger partial charge in [0, 0.05) is 24.2 Å². The van der Waals surface area contributed by atoms with Gasteiger partial charge in [-0.15, -0.1) is 0 Å². The number of aliphatic hydroxyl groups is 1. The van der Waals surface area contributed by atoms with Gasteiger partial charge in [-0.25, -0.2) is 0 Å². The Balaban J connectivity index is 2.17. The van der Waals surface area contributed by atoms with E-state index in [1.54, 1.807) is 0 Å². The number of benzene rings is 1. The van der Waals surface area contributed by atoms with Crippen LogP contribution in [0, 0.1) is 30.6 Å². The van der Waals surface area contributed by atoms with Crippen molar-refractivity contribution in [3.05, 3.63) is 34.9 Å². The first-order chi connectivity index (χ1) is 10.0. The molecule has 1 amide bonds. The fraction of sp³-hybridized carbons (Fsp3) is 0.500. The van der Waals surface area contributed by atoms with Crippen molar-refractivity contribution in [3.63, 3.8) is 0 Å². The van der Waals surface area contributed by atoms with Crippen molar-refractivity contribution in [2.24, 2.45) is 11.8 Å². The molecule has 0 saturated carbocycles. The third-order valence-corrected chi connectivity index (χ3v) is 4.24. The summed E-state index contributed by atoms with van der Waals surface area (Å²) in [7, 11) is 0. The number of aliphatic hydroxyl groups excluding tert-OH is 1. The van der Waals surface area contributed by atoms with Crippen molar-refractivity contribution in [1.82, 2.24) is 4.90 Å². The zero-order valence-corrected chi connectivity index (χ0v) is 13.0. The van der Waals surface area contributed by atoms with Gasteiger partial charge in [0.2, 0.25) is 0 Å². The summed E-state index contributed by atoms with van der Waals surface area (Å²) in [5.74, 6) is 6.86. The van der Waals surface area contributed by atoms with Crippen molar-refractivity contribution in [2.75, 3.05) is 19.7 Å².